The van der Waals surface area contributed by atoms with E-state index in [1.807, 2.05) is 28.8 Å². The van der Waals surface area contributed by atoms with E-state index in [-0.39, 0.29) is 6.54 Å². The van der Waals surface area contributed by atoms with Crippen LogP contribution in [0.2, 0.25) is 0 Å². The number of methoxy groups -OCH3 is 1. The molecule has 0 spiro atoms. The van der Waals surface area contributed by atoms with Crippen molar-refractivity contribution in [2.24, 2.45) is 5.14 Å². The van der Waals surface area contributed by atoms with Gasteiger partial charge in [0.15, 0.2) is 5.65 Å². The second-order valence-corrected chi connectivity index (χ2v) is 8.46. The maximum Gasteiger partial charge on any atom is 0.277 e. The van der Waals surface area contributed by atoms with Gasteiger partial charge in [-0.3, -0.25) is 4.57 Å². The molecule has 29 heavy (non-hydrogen) atoms. The van der Waals surface area contributed by atoms with Crippen molar-refractivity contribution in [1.82, 2.24) is 23.8 Å². The second kappa shape index (κ2) is 6.48. The van der Waals surface area contributed by atoms with Crippen molar-refractivity contribution >= 4 is 32.3 Å². The number of rotatable bonds is 3. The molecule has 1 aromatic carbocycles. The van der Waals surface area contributed by atoms with Crippen LogP contribution in [0.3, 0.4) is 0 Å². The fraction of sp³-hybridized carbons (Fsp3) is 0.211. The Balaban J connectivity index is 1.66. The van der Waals surface area contributed by atoms with Gasteiger partial charge in [-0.25, -0.2) is 15.1 Å². The molecule has 0 atom stereocenters. The summed E-state index contributed by atoms with van der Waals surface area (Å²) in [5, 5.41) is 6.17. The molecule has 9 nitrogen and oxygen atoms in total. The normalized spacial score (nSPS) is 15.0. The predicted octanol–water partition coefficient (Wildman–Crippen LogP) is 1.54. The van der Waals surface area contributed by atoms with Crippen LogP contribution >= 0.6 is 0 Å². The van der Waals surface area contributed by atoms with E-state index in [2.05, 4.69) is 15.0 Å². The molecule has 148 valence electrons. The molecule has 3 aromatic heterocycles. The summed E-state index contributed by atoms with van der Waals surface area (Å²) in [4.78, 5) is 13.3. The number of benzene rings is 1. The van der Waals surface area contributed by atoms with E-state index in [1.54, 1.807) is 25.7 Å². The molecule has 10 heteroatoms. The molecule has 1 aliphatic heterocycles. The van der Waals surface area contributed by atoms with Gasteiger partial charge in [0.25, 0.3) is 10.2 Å². The Morgan fingerprint density at radius 2 is 2.00 bits per heavy atom. The molecule has 4 aromatic rings. The molecule has 0 amide bonds. The number of hydrogen-bond donors (Lipinski definition) is 1. The Hall–Kier alpha value is -3.08. The summed E-state index contributed by atoms with van der Waals surface area (Å²) in [6.07, 6.45) is 4.05. The van der Waals surface area contributed by atoms with Crippen molar-refractivity contribution in [2.45, 2.75) is 13.0 Å². The van der Waals surface area contributed by atoms with E-state index >= 15 is 0 Å². The first kappa shape index (κ1) is 18.0. The quantitative estimate of drug-likeness (QED) is 0.548. The number of imidazole rings is 1. The first-order chi connectivity index (χ1) is 13.9. The predicted molar refractivity (Wildman–Crippen MR) is 108 cm³/mol. The first-order valence-electron chi connectivity index (χ1n) is 9.01. The average molecular weight is 410 g/mol. The summed E-state index contributed by atoms with van der Waals surface area (Å²) in [5.74, 6) is 0.493. The van der Waals surface area contributed by atoms with Crippen molar-refractivity contribution in [1.29, 1.82) is 0 Å². The van der Waals surface area contributed by atoms with Crippen molar-refractivity contribution in [3.8, 4) is 11.6 Å². The Morgan fingerprint density at radius 1 is 1.14 bits per heavy atom. The minimum atomic E-state index is -3.72. The first-order valence-corrected chi connectivity index (χ1v) is 10.5. The van der Waals surface area contributed by atoms with Gasteiger partial charge < -0.3 is 4.74 Å². The third kappa shape index (κ3) is 3.01. The molecule has 0 fully saturated rings. The highest BCUT2D eigenvalue weighted by Gasteiger charge is 2.24. The van der Waals surface area contributed by atoms with Crippen molar-refractivity contribution in [2.75, 3.05) is 13.7 Å². The van der Waals surface area contributed by atoms with Crippen LogP contribution in [0, 0.1) is 0 Å². The molecule has 1 aliphatic rings. The monoisotopic (exact) mass is 410 g/mol. The van der Waals surface area contributed by atoms with E-state index in [1.165, 1.54) is 4.31 Å². The number of nitrogens with two attached hydrogens (primary N) is 1. The number of hydrogen-bond acceptors (Lipinski definition) is 6. The lowest BCUT2D eigenvalue weighted by atomic mass is 10.0. The SMILES string of the molecule is COc1ccc2c(ncc3ncn(-c4ccc5c(c4)CN(S(N)(=O)=O)CC5)c32)n1. The fourth-order valence-electron chi connectivity index (χ4n) is 3.76. The van der Waals surface area contributed by atoms with Crippen LogP contribution in [-0.2, 0) is 23.2 Å². The van der Waals surface area contributed by atoms with Gasteiger partial charge in [0, 0.05) is 30.2 Å². The average Bonchev–Trinajstić information content (AvgIpc) is 3.16. The molecule has 0 saturated carbocycles. The largest absolute Gasteiger partial charge is 0.481 e. The van der Waals surface area contributed by atoms with Gasteiger partial charge in [0.05, 0.1) is 18.8 Å². The van der Waals surface area contributed by atoms with Crippen LogP contribution < -0.4 is 9.88 Å². The maximum absolute atomic E-state index is 11.7. The Bertz CT molecular complexity index is 1370. The van der Waals surface area contributed by atoms with Crippen molar-refractivity contribution in [3.05, 3.63) is 54.0 Å². The van der Waals surface area contributed by atoms with Gasteiger partial charge >= 0.3 is 0 Å². The van der Waals surface area contributed by atoms with Gasteiger partial charge in [-0.15, -0.1) is 0 Å². The summed E-state index contributed by atoms with van der Waals surface area (Å²) >= 11 is 0. The summed E-state index contributed by atoms with van der Waals surface area (Å²) in [7, 11) is -2.16. The molecular formula is C19H18N6O3S. The van der Waals surface area contributed by atoms with Crippen molar-refractivity contribution in [3.63, 3.8) is 0 Å². The topological polar surface area (TPSA) is 116 Å². The summed E-state index contributed by atoms with van der Waals surface area (Å²) in [6, 6.07) is 9.72. The van der Waals surface area contributed by atoms with Crippen LogP contribution in [0.25, 0.3) is 27.8 Å². The molecule has 2 N–H and O–H groups in total. The van der Waals surface area contributed by atoms with Gasteiger partial charge in [-0.2, -0.15) is 17.7 Å². The molecule has 0 radical (unpaired) electrons. The highest BCUT2D eigenvalue weighted by atomic mass is 32.2. The van der Waals surface area contributed by atoms with Crippen LogP contribution in [0.15, 0.2) is 42.9 Å². The standard InChI is InChI=1S/C19H18N6O3S/c1-28-17-5-4-15-18-16(9-21-19(15)23-17)22-11-25(18)14-3-2-12-6-7-24(29(20,26)27)10-13(12)8-14/h2-5,8-9,11H,6-7,10H2,1H3,(H2,20,26,27). The molecule has 4 heterocycles. The fourth-order valence-corrected chi connectivity index (χ4v) is 4.42. The number of ether oxygens (including phenoxy) is 1. The van der Waals surface area contributed by atoms with Crippen LogP contribution in [0.1, 0.15) is 11.1 Å². The molecule has 5 rings (SSSR count). The molecular weight excluding hydrogens is 392 g/mol. The van der Waals surface area contributed by atoms with E-state index in [0.29, 0.717) is 24.5 Å². The van der Waals surface area contributed by atoms with Gasteiger partial charge in [-0.1, -0.05) is 6.07 Å². The van der Waals surface area contributed by atoms with Gasteiger partial charge in [0.2, 0.25) is 5.88 Å². The molecule has 0 unspecified atom stereocenters. The second-order valence-electron chi connectivity index (χ2n) is 6.91. The summed E-state index contributed by atoms with van der Waals surface area (Å²) < 4.78 is 31.9. The molecule has 0 aliphatic carbocycles. The van der Waals surface area contributed by atoms with Gasteiger partial charge in [0.1, 0.15) is 11.8 Å². The maximum atomic E-state index is 11.7. The lowest BCUT2D eigenvalue weighted by molar-refractivity contribution is 0.392. The number of nitrogens with zero attached hydrogens (tertiary/aromatic N) is 5. The lowest BCUT2D eigenvalue weighted by Gasteiger charge is -2.26. The minimum Gasteiger partial charge on any atom is -0.481 e. The highest BCUT2D eigenvalue weighted by Crippen LogP contribution is 2.28. The van der Waals surface area contributed by atoms with E-state index < -0.39 is 10.2 Å². The van der Waals surface area contributed by atoms with Gasteiger partial charge in [-0.05, 0) is 35.7 Å². The molecule has 0 bridgehead atoms. The number of pyridine rings is 2. The van der Waals surface area contributed by atoms with E-state index in [4.69, 9.17) is 9.88 Å². The zero-order chi connectivity index (χ0) is 20.2. The Labute approximate surface area is 166 Å². The third-order valence-corrected chi connectivity index (χ3v) is 6.26. The summed E-state index contributed by atoms with van der Waals surface area (Å²) in [5.41, 5.74) is 5.12. The van der Waals surface area contributed by atoms with Crippen molar-refractivity contribution < 1.29 is 13.2 Å². The summed E-state index contributed by atoms with van der Waals surface area (Å²) in [6.45, 7) is 0.651. The number of fused-ring (bicyclic) bond motifs is 4. The van der Waals surface area contributed by atoms with Crippen LogP contribution in [0.4, 0.5) is 0 Å². The number of aromatic nitrogens is 4. The zero-order valence-corrected chi connectivity index (χ0v) is 16.4. The smallest absolute Gasteiger partial charge is 0.277 e. The van der Waals surface area contributed by atoms with Crippen LogP contribution in [-0.4, -0.2) is 45.9 Å². The van der Waals surface area contributed by atoms with E-state index in [0.717, 1.165) is 33.2 Å². The molecule has 0 saturated heterocycles. The van der Waals surface area contributed by atoms with E-state index in [9.17, 15) is 8.42 Å². The Kier molecular flexibility index (Phi) is 4.02. The highest BCUT2D eigenvalue weighted by molar-refractivity contribution is 7.86. The lowest BCUT2D eigenvalue weighted by Crippen LogP contribution is -2.40. The van der Waals surface area contributed by atoms with Crippen LogP contribution in [0.5, 0.6) is 5.88 Å². The third-order valence-electron chi connectivity index (χ3n) is 5.22. The Morgan fingerprint density at radius 3 is 2.79 bits per heavy atom. The minimum absolute atomic E-state index is 0.260. The zero-order valence-electron chi connectivity index (χ0n) is 15.6.